The predicted octanol–water partition coefficient (Wildman–Crippen LogP) is 6.81. The highest BCUT2D eigenvalue weighted by molar-refractivity contribution is 5.94. The number of fused-ring (bicyclic) bond motifs is 1. The van der Waals surface area contributed by atoms with Crippen LogP contribution in [0.1, 0.15) is 81.8 Å². The van der Waals surface area contributed by atoms with Crippen molar-refractivity contribution < 1.29 is 4.79 Å². The van der Waals surface area contributed by atoms with Crippen LogP contribution in [0.25, 0.3) is 16.6 Å². The Labute approximate surface area is 219 Å². The van der Waals surface area contributed by atoms with Gasteiger partial charge in [0.2, 0.25) is 0 Å². The summed E-state index contributed by atoms with van der Waals surface area (Å²) in [7, 11) is 1.76. The summed E-state index contributed by atoms with van der Waals surface area (Å²) in [6.45, 7) is 14.8. The van der Waals surface area contributed by atoms with Crippen LogP contribution in [0.4, 0.5) is 0 Å². The maximum absolute atomic E-state index is 13.7. The zero-order valence-electron chi connectivity index (χ0n) is 23.2. The fourth-order valence-electron chi connectivity index (χ4n) is 4.46. The monoisotopic (exact) mass is 495 g/mol. The standard InChI is InChI=1S/C32H37N3O2/c1-21(34(8)29(36)22-13-15-23(16-14-22)31(2,3)4)28-33-27-12-10-9-11-26(27)30(37)35(28)25-19-17-24(18-20-25)32(5,6)7/h9-21H,1-8H3. The van der Waals surface area contributed by atoms with Gasteiger partial charge in [0.15, 0.2) is 0 Å². The molecule has 5 nitrogen and oxygen atoms in total. The van der Waals surface area contributed by atoms with Gasteiger partial charge in [-0.25, -0.2) is 4.98 Å². The van der Waals surface area contributed by atoms with Gasteiger partial charge in [-0.2, -0.15) is 0 Å². The molecule has 0 radical (unpaired) electrons. The van der Waals surface area contributed by atoms with Gasteiger partial charge in [-0.1, -0.05) is 77.9 Å². The van der Waals surface area contributed by atoms with E-state index < -0.39 is 6.04 Å². The number of benzene rings is 3. The Morgan fingerprint density at radius 1 is 0.811 bits per heavy atom. The number of para-hydroxylation sites is 1. The molecule has 0 fully saturated rings. The molecule has 0 aliphatic carbocycles. The van der Waals surface area contributed by atoms with Gasteiger partial charge in [0.25, 0.3) is 11.5 Å². The molecule has 192 valence electrons. The Morgan fingerprint density at radius 3 is 1.86 bits per heavy atom. The van der Waals surface area contributed by atoms with Gasteiger partial charge in [-0.3, -0.25) is 14.2 Å². The summed E-state index contributed by atoms with van der Waals surface area (Å²) < 4.78 is 1.64. The number of hydrogen-bond acceptors (Lipinski definition) is 3. The van der Waals surface area contributed by atoms with E-state index in [1.54, 1.807) is 22.6 Å². The molecule has 1 heterocycles. The van der Waals surface area contributed by atoms with Crippen LogP contribution < -0.4 is 5.56 Å². The molecule has 0 saturated heterocycles. The Kier molecular flexibility index (Phi) is 6.85. The molecule has 0 aliphatic heterocycles. The molecule has 0 bridgehead atoms. The van der Waals surface area contributed by atoms with Crippen LogP contribution in [-0.4, -0.2) is 27.4 Å². The lowest BCUT2D eigenvalue weighted by atomic mass is 9.86. The van der Waals surface area contributed by atoms with Crippen molar-refractivity contribution in [1.29, 1.82) is 0 Å². The zero-order chi connectivity index (χ0) is 27.1. The minimum atomic E-state index is -0.450. The minimum absolute atomic E-state index is 0.00355. The van der Waals surface area contributed by atoms with Crippen molar-refractivity contribution in [3.8, 4) is 5.69 Å². The molecule has 0 N–H and O–H groups in total. The van der Waals surface area contributed by atoms with Crippen molar-refractivity contribution in [3.63, 3.8) is 0 Å². The second-order valence-corrected chi connectivity index (χ2v) is 11.8. The Balaban J connectivity index is 1.79. The van der Waals surface area contributed by atoms with Crippen LogP contribution >= 0.6 is 0 Å². The molecule has 0 spiro atoms. The largest absolute Gasteiger partial charge is 0.332 e. The van der Waals surface area contributed by atoms with Gasteiger partial charge in [0.05, 0.1) is 22.6 Å². The number of carbonyl (C=O) groups excluding carboxylic acids is 1. The van der Waals surface area contributed by atoms with E-state index in [0.717, 1.165) is 5.69 Å². The quantitative estimate of drug-likeness (QED) is 0.312. The van der Waals surface area contributed by atoms with Gasteiger partial charge in [0, 0.05) is 12.6 Å². The molecule has 3 aromatic carbocycles. The second kappa shape index (κ2) is 9.62. The van der Waals surface area contributed by atoms with E-state index in [-0.39, 0.29) is 22.3 Å². The van der Waals surface area contributed by atoms with Crippen LogP contribution in [0.5, 0.6) is 0 Å². The highest BCUT2D eigenvalue weighted by atomic mass is 16.2. The molecule has 5 heteroatoms. The molecule has 1 amide bonds. The molecule has 37 heavy (non-hydrogen) atoms. The summed E-state index contributed by atoms with van der Waals surface area (Å²) in [5, 5.41) is 0.546. The van der Waals surface area contributed by atoms with E-state index in [2.05, 4.69) is 53.7 Å². The maximum atomic E-state index is 13.7. The average Bonchev–Trinajstić information content (AvgIpc) is 2.86. The summed E-state index contributed by atoms with van der Waals surface area (Å²) >= 11 is 0. The Bertz CT molecular complexity index is 1490. The normalized spacial score (nSPS) is 13.0. The van der Waals surface area contributed by atoms with Crippen molar-refractivity contribution in [2.75, 3.05) is 7.05 Å². The van der Waals surface area contributed by atoms with Crippen LogP contribution in [0.3, 0.4) is 0 Å². The SMILES string of the molecule is CC(c1nc2ccccc2c(=O)n1-c1ccc(C(C)(C)C)cc1)N(C)C(=O)c1ccc(C(C)(C)C)cc1. The van der Waals surface area contributed by atoms with Gasteiger partial charge in [0.1, 0.15) is 5.82 Å². The van der Waals surface area contributed by atoms with E-state index >= 15 is 0 Å². The second-order valence-electron chi connectivity index (χ2n) is 11.8. The maximum Gasteiger partial charge on any atom is 0.266 e. The summed E-state index contributed by atoms with van der Waals surface area (Å²) in [5.41, 5.74) is 4.16. The summed E-state index contributed by atoms with van der Waals surface area (Å²) in [4.78, 5) is 33.8. The fraction of sp³-hybridized carbons (Fsp3) is 0.344. The van der Waals surface area contributed by atoms with E-state index in [9.17, 15) is 9.59 Å². The molecule has 0 saturated carbocycles. The lowest BCUT2D eigenvalue weighted by molar-refractivity contribution is 0.0735. The van der Waals surface area contributed by atoms with Gasteiger partial charge >= 0.3 is 0 Å². The number of hydrogen-bond donors (Lipinski definition) is 0. The third kappa shape index (κ3) is 5.22. The van der Waals surface area contributed by atoms with E-state index in [4.69, 9.17) is 4.98 Å². The first-order chi connectivity index (χ1) is 17.3. The molecule has 0 aliphatic rings. The fourth-order valence-corrected chi connectivity index (χ4v) is 4.46. The molecule has 4 aromatic rings. The van der Waals surface area contributed by atoms with E-state index in [1.807, 2.05) is 61.5 Å². The molecule has 1 aromatic heterocycles. The highest BCUT2D eigenvalue weighted by Gasteiger charge is 2.26. The van der Waals surface area contributed by atoms with Crippen LogP contribution in [0, 0.1) is 0 Å². The molecular formula is C32H37N3O2. The lowest BCUT2D eigenvalue weighted by Crippen LogP contribution is -2.35. The average molecular weight is 496 g/mol. The number of aromatic nitrogens is 2. The molecular weight excluding hydrogens is 458 g/mol. The first kappa shape index (κ1) is 26.3. The summed E-state index contributed by atoms with van der Waals surface area (Å²) in [6.07, 6.45) is 0. The topological polar surface area (TPSA) is 55.2 Å². The first-order valence-corrected chi connectivity index (χ1v) is 12.8. The molecule has 1 atom stereocenters. The smallest absolute Gasteiger partial charge is 0.266 e. The van der Waals surface area contributed by atoms with E-state index in [0.29, 0.717) is 22.3 Å². The van der Waals surface area contributed by atoms with Crippen molar-refractivity contribution >= 4 is 16.8 Å². The summed E-state index contributed by atoms with van der Waals surface area (Å²) in [5.74, 6) is 0.402. The number of carbonyl (C=O) groups is 1. The van der Waals surface area contributed by atoms with Crippen molar-refractivity contribution in [3.05, 3.63) is 106 Å². The first-order valence-electron chi connectivity index (χ1n) is 12.8. The van der Waals surface area contributed by atoms with Gasteiger partial charge in [-0.15, -0.1) is 0 Å². The predicted molar refractivity (Wildman–Crippen MR) is 152 cm³/mol. The van der Waals surface area contributed by atoms with Crippen LogP contribution in [0.2, 0.25) is 0 Å². The molecule has 1 unspecified atom stereocenters. The third-order valence-electron chi connectivity index (χ3n) is 7.07. The van der Waals surface area contributed by atoms with Crippen molar-refractivity contribution in [2.45, 2.75) is 65.3 Å². The lowest BCUT2D eigenvalue weighted by Gasteiger charge is -2.28. The zero-order valence-corrected chi connectivity index (χ0v) is 23.2. The third-order valence-corrected chi connectivity index (χ3v) is 7.07. The molecule has 4 rings (SSSR count). The van der Waals surface area contributed by atoms with Crippen LogP contribution in [-0.2, 0) is 10.8 Å². The highest BCUT2D eigenvalue weighted by Crippen LogP contribution is 2.27. The Hall–Kier alpha value is -3.73. The van der Waals surface area contributed by atoms with E-state index in [1.165, 1.54) is 11.1 Å². The van der Waals surface area contributed by atoms with Crippen molar-refractivity contribution in [2.24, 2.45) is 0 Å². The van der Waals surface area contributed by atoms with Gasteiger partial charge in [-0.05, 0) is 65.3 Å². The number of amides is 1. The number of rotatable bonds is 4. The minimum Gasteiger partial charge on any atom is -0.332 e. The van der Waals surface area contributed by atoms with Gasteiger partial charge < -0.3 is 4.90 Å². The Morgan fingerprint density at radius 2 is 1.32 bits per heavy atom. The number of nitrogens with zero attached hydrogens (tertiary/aromatic N) is 3. The van der Waals surface area contributed by atoms with Crippen LogP contribution in [0.15, 0.2) is 77.6 Å². The van der Waals surface area contributed by atoms with Crippen molar-refractivity contribution in [1.82, 2.24) is 14.5 Å². The summed E-state index contributed by atoms with van der Waals surface area (Å²) in [6, 6.07) is 22.7.